The summed E-state index contributed by atoms with van der Waals surface area (Å²) in [6, 6.07) is 3.89. The fraction of sp³-hybridized carbons (Fsp3) is 0.588. The summed E-state index contributed by atoms with van der Waals surface area (Å²) in [5.74, 6) is 5.80. The minimum atomic E-state index is -0.387. The molecule has 0 atom stereocenters. The molecule has 20 heavy (non-hydrogen) atoms. The molecule has 0 saturated carbocycles. The summed E-state index contributed by atoms with van der Waals surface area (Å²) in [6.45, 7) is 16.5. The van der Waals surface area contributed by atoms with Crippen molar-refractivity contribution in [3.8, 4) is 0 Å². The molecule has 1 aromatic rings. The summed E-state index contributed by atoms with van der Waals surface area (Å²) in [4.78, 5) is 12.5. The van der Waals surface area contributed by atoms with Crippen molar-refractivity contribution in [2.75, 3.05) is 0 Å². The average Bonchev–Trinajstić information content (AvgIpc) is 2.22. The second kappa shape index (κ2) is 5.21. The number of hydrazine groups is 1. The molecular weight excluding hydrogens is 248 g/mol. The number of carbonyl (C=O) groups excluding carboxylic acids is 1. The minimum Gasteiger partial charge on any atom is -0.271 e. The lowest BCUT2D eigenvalue weighted by Gasteiger charge is -2.32. The molecule has 0 aromatic heterocycles. The summed E-state index contributed by atoms with van der Waals surface area (Å²) < 4.78 is 0. The van der Waals surface area contributed by atoms with Crippen molar-refractivity contribution < 1.29 is 4.79 Å². The van der Waals surface area contributed by atoms with Gasteiger partial charge in [-0.15, -0.1) is 0 Å². The van der Waals surface area contributed by atoms with Gasteiger partial charge >= 0.3 is 0 Å². The van der Waals surface area contributed by atoms with Gasteiger partial charge in [0.2, 0.25) is 0 Å². The SMILES string of the molecule is Cc1cc(C(=O)N(N)C(C)(C)C)cc(C)c1C(C)(C)C. The zero-order valence-corrected chi connectivity index (χ0v) is 14.1. The van der Waals surface area contributed by atoms with Gasteiger partial charge in [-0.3, -0.25) is 9.80 Å². The molecule has 0 unspecified atom stereocenters. The van der Waals surface area contributed by atoms with E-state index in [9.17, 15) is 4.79 Å². The maximum absolute atomic E-state index is 12.5. The lowest BCUT2D eigenvalue weighted by molar-refractivity contribution is 0.0581. The van der Waals surface area contributed by atoms with Crippen molar-refractivity contribution in [3.63, 3.8) is 0 Å². The molecule has 112 valence electrons. The number of hydrogen-bond acceptors (Lipinski definition) is 2. The fourth-order valence-corrected chi connectivity index (χ4v) is 2.71. The standard InChI is InChI=1S/C17H28N2O/c1-11-9-13(15(20)19(18)17(6,7)8)10-12(2)14(11)16(3,4)5/h9-10H,18H2,1-8H3. The number of carbonyl (C=O) groups is 1. The Hall–Kier alpha value is -1.35. The highest BCUT2D eigenvalue weighted by atomic mass is 16.2. The van der Waals surface area contributed by atoms with E-state index in [-0.39, 0.29) is 16.9 Å². The number of benzene rings is 1. The molecule has 0 spiro atoms. The molecule has 0 aliphatic heterocycles. The van der Waals surface area contributed by atoms with Gasteiger partial charge in [-0.05, 0) is 68.9 Å². The zero-order chi connectivity index (χ0) is 15.9. The fourth-order valence-electron chi connectivity index (χ4n) is 2.71. The summed E-state index contributed by atoms with van der Waals surface area (Å²) >= 11 is 0. The van der Waals surface area contributed by atoms with Crippen LogP contribution >= 0.6 is 0 Å². The minimum absolute atomic E-state index is 0.0716. The molecule has 3 nitrogen and oxygen atoms in total. The first-order valence-corrected chi connectivity index (χ1v) is 7.06. The molecule has 0 radical (unpaired) electrons. The van der Waals surface area contributed by atoms with E-state index in [2.05, 4.69) is 34.6 Å². The Morgan fingerprint density at radius 1 is 1.00 bits per heavy atom. The van der Waals surface area contributed by atoms with Gasteiger partial charge in [-0.1, -0.05) is 20.8 Å². The smallest absolute Gasteiger partial charge is 0.268 e. The molecule has 3 heteroatoms. The predicted octanol–water partition coefficient (Wildman–Crippen LogP) is 3.72. The third-order valence-electron chi connectivity index (χ3n) is 3.47. The number of aryl methyl sites for hydroxylation is 2. The van der Waals surface area contributed by atoms with Crippen LogP contribution in [0.15, 0.2) is 12.1 Å². The van der Waals surface area contributed by atoms with Crippen molar-refractivity contribution in [1.29, 1.82) is 0 Å². The van der Waals surface area contributed by atoms with Crippen molar-refractivity contribution in [2.45, 2.75) is 66.3 Å². The number of nitrogens with two attached hydrogens (primary N) is 1. The van der Waals surface area contributed by atoms with Crippen LogP contribution in [0.1, 0.15) is 68.6 Å². The van der Waals surface area contributed by atoms with Gasteiger partial charge in [0.05, 0.1) is 5.54 Å². The largest absolute Gasteiger partial charge is 0.271 e. The maximum Gasteiger partial charge on any atom is 0.268 e. The summed E-state index contributed by atoms with van der Waals surface area (Å²) in [7, 11) is 0. The first-order valence-electron chi connectivity index (χ1n) is 7.06. The summed E-state index contributed by atoms with van der Waals surface area (Å²) in [6.07, 6.45) is 0. The quantitative estimate of drug-likeness (QED) is 0.483. The van der Waals surface area contributed by atoms with Crippen molar-refractivity contribution in [1.82, 2.24) is 5.01 Å². The second-order valence-corrected chi connectivity index (χ2v) is 7.58. The van der Waals surface area contributed by atoms with Crippen LogP contribution in [0.5, 0.6) is 0 Å². The highest BCUT2D eigenvalue weighted by Crippen LogP contribution is 2.30. The molecule has 0 fully saturated rings. The maximum atomic E-state index is 12.5. The van der Waals surface area contributed by atoms with E-state index < -0.39 is 0 Å². The monoisotopic (exact) mass is 276 g/mol. The molecule has 0 heterocycles. The second-order valence-electron chi connectivity index (χ2n) is 7.58. The van der Waals surface area contributed by atoms with E-state index in [0.29, 0.717) is 5.56 Å². The van der Waals surface area contributed by atoms with Crippen LogP contribution in [0, 0.1) is 13.8 Å². The van der Waals surface area contributed by atoms with Crippen molar-refractivity contribution >= 4 is 5.91 Å². The third-order valence-corrected chi connectivity index (χ3v) is 3.47. The van der Waals surface area contributed by atoms with Gasteiger partial charge in [-0.25, -0.2) is 5.84 Å². The van der Waals surface area contributed by atoms with Crippen LogP contribution in [-0.4, -0.2) is 16.5 Å². The van der Waals surface area contributed by atoms with Gasteiger partial charge in [0.25, 0.3) is 5.91 Å². The number of rotatable bonds is 1. The van der Waals surface area contributed by atoms with Crippen LogP contribution < -0.4 is 5.84 Å². The van der Waals surface area contributed by atoms with E-state index in [0.717, 1.165) is 11.1 Å². The molecule has 0 saturated heterocycles. The molecule has 1 amide bonds. The van der Waals surface area contributed by atoms with E-state index in [1.165, 1.54) is 10.6 Å². The Morgan fingerprint density at radius 2 is 1.40 bits per heavy atom. The normalized spacial score (nSPS) is 12.4. The van der Waals surface area contributed by atoms with E-state index in [1.807, 2.05) is 32.9 Å². The van der Waals surface area contributed by atoms with E-state index in [4.69, 9.17) is 5.84 Å². The Morgan fingerprint density at radius 3 is 1.70 bits per heavy atom. The Kier molecular flexibility index (Phi) is 4.35. The van der Waals surface area contributed by atoms with Gasteiger partial charge in [0.15, 0.2) is 0 Å². The Bertz CT molecular complexity index is 496. The molecule has 1 aromatic carbocycles. The highest BCUT2D eigenvalue weighted by molar-refractivity contribution is 5.94. The van der Waals surface area contributed by atoms with Gasteiger partial charge in [0.1, 0.15) is 0 Å². The molecule has 1 rings (SSSR count). The van der Waals surface area contributed by atoms with Crippen LogP contribution in [0.3, 0.4) is 0 Å². The molecule has 0 aliphatic carbocycles. The van der Waals surface area contributed by atoms with Crippen LogP contribution in [0.25, 0.3) is 0 Å². The summed E-state index contributed by atoms with van der Waals surface area (Å²) in [5.41, 5.74) is 3.93. The van der Waals surface area contributed by atoms with Gasteiger partial charge in [0, 0.05) is 5.56 Å². The Labute approximate surface area is 123 Å². The highest BCUT2D eigenvalue weighted by Gasteiger charge is 2.26. The van der Waals surface area contributed by atoms with Gasteiger partial charge < -0.3 is 0 Å². The lowest BCUT2D eigenvalue weighted by Crippen LogP contribution is -2.50. The lowest BCUT2D eigenvalue weighted by atomic mass is 9.80. The first kappa shape index (κ1) is 16.7. The molecule has 0 aliphatic rings. The number of nitrogens with zero attached hydrogens (tertiary/aromatic N) is 1. The van der Waals surface area contributed by atoms with E-state index >= 15 is 0 Å². The van der Waals surface area contributed by atoms with Gasteiger partial charge in [-0.2, -0.15) is 0 Å². The van der Waals surface area contributed by atoms with Crippen LogP contribution in [-0.2, 0) is 5.41 Å². The zero-order valence-electron chi connectivity index (χ0n) is 14.1. The Balaban J connectivity index is 3.29. The summed E-state index contributed by atoms with van der Waals surface area (Å²) in [5, 5.41) is 1.30. The number of hydrogen-bond donors (Lipinski definition) is 1. The molecule has 0 bridgehead atoms. The molecular formula is C17H28N2O. The number of amides is 1. The molecule has 2 N–H and O–H groups in total. The predicted molar refractivity (Wildman–Crippen MR) is 84.7 cm³/mol. The van der Waals surface area contributed by atoms with E-state index in [1.54, 1.807) is 0 Å². The van der Waals surface area contributed by atoms with Crippen LogP contribution in [0.2, 0.25) is 0 Å². The third kappa shape index (κ3) is 3.40. The topological polar surface area (TPSA) is 46.3 Å². The first-order chi connectivity index (χ1) is 8.85. The van der Waals surface area contributed by atoms with Crippen molar-refractivity contribution in [3.05, 3.63) is 34.4 Å². The van der Waals surface area contributed by atoms with Crippen LogP contribution in [0.4, 0.5) is 0 Å². The van der Waals surface area contributed by atoms with Crippen molar-refractivity contribution in [2.24, 2.45) is 5.84 Å². The average molecular weight is 276 g/mol.